The van der Waals surface area contributed by atoms with Gasteiger partial charge in [0.25, 0.3) is 0 Å². The Bertz CT molecular complexity index is 455. The van der Waals surface area contributed by atoms with Crippen LogP contribution in [0, 0.1) is 0 Å². The summed E-state index contributed by atoms with van der Waals surface area (Å²) in [5, 5.41) is 0.765. The van der Waals surface area contributed by atoms with Crippen molar-refractivity contribution in [2.24, 2.45) is 5.73 Å². The summed E-state index contributed by atoms with van der Waals surface area (Å²) in [4.78, 5) is 1.20. The SMILES string of the molecule is NC(CSc1ccc(Cl)cc1)c1ccccc1. The number of rotatable bonds is 4. The zero-order valence-electron chi connectivity index (χ0n) is 9.34. The van der Waals surface area contributed by atoms with E-state index in [1.54, 1.807) is 11.8 Å². The van der Waals surface area contributed by atoms with Gasteiger partial charge in [-0.25, -0.2) is 0 Å². The van der Waals surface area contributed by atoms with E-state index in [0.29, 0.717) is 0 Å². The molecule has 0 saturated carbocycles. The number of nitrogens with two attached hydrogens (primary N) is 1. The Morgan fingerprint density at radius 3 is 2.29 bits per heavy atom. The maximum atomic E-state index is 6.13. The monoisotopic (exact) mass is 263 g/mol. The first-order chi connectivity index (χ1) is 8.25. The second-order valence-corrected chi connectivity index (χ2v) is 5.31. The highest BCUT2D eigenvalue weighted by molar-refractivity contribution is 7.99. The topological polar surface area (TPSA) is 26.0 Å². The molecule has 0 aliphatic carbocycles. The Morgan fingerprint density at radius 2 is 1.65 bits per heavy atom. The maximum absolute atomic E-state index is 6.13. The van der Waals surface area contributed by atoms with E-state index in [0.717, 1.165) is 10.8 Å². The van der Waals surface area contributed by atoms with Gasteiger partial charge in [0.1, 0.15) is 0 Å². The third kappa shape index (κ3) is 3.77. The van der Waals surface area contributed by atoms with Crippen LogP contribution in [0.2, 0.25) is 5.02 Å². The Morgan fingerprint density at radius 1 is 1.00 bits per heavy atom. The van der Waals surface area contributed by atoms with Crippen LogP contribution >= 0.6 is 23.4 Å². The lowest BCUT2D eigenvalue weighted by atomic mass is 10.1. The number of halogens is 1. The minimum absolute atomic E-state index is 0.0666. The average Bonchev–Trinajstić information content (AvgIpc) is 2.39. The third-order valence-electron chi connectivity index (χ3n) is 2.47. The molecule has 17 heavy (non-hydrogen) atoms. The molecule has 0 aromatic heterocycles. The van der Waals surface area contributed by atoms with Gasteiger partial charge >= 0.3 is 0 Å². The average molecular weight is 264 g/mol. The predicted octanol–water partition coefficient (Wildman–Crippen LogP) is 4.13. The number of thioether (sulfide) groups is 1. The Labute approximate surface area is 111 Å². The highest BCUT2D eigenvalue weighted by atomic mass is 35.5. The fourth-order valence-corrected chi connectivity index (χ4v) is 2.53. The van der Waals surface area contributed by atoms with Gasteiger partial charge in [-0.15, -0.1) is 11.8 Å². The van der Waals surface area contributed by atoms with Gasteiger partial charge in [0.15, 0.2) is 0 Å². The van der Waals surface area contributed by atoms with E-state index >= 15 is 0 Å². The molecule has 3 heteroatoms. The standard InChI is InChI=1S/C14H14ClNS/c15-12-6-8-13(9-7-12)17-10-14(16)11-4-2-1-3-5-11/h1-9,14H,10,16H2. The smallest absolute Gasteiger partial charge is 0.0406 e. The molecule has 2 N–H and O–H groups in total. The Kier molecular flexibility index (Phi) is 4.49. The second kappa shape index (κ2) is 6.10. The van der Waals surface area contributed by atoms with Crippen molar-refractivity contribution in [2.45, 2.75) is 10.9 Å². The molecular formula is C14H14ClNS. The molecule has 0 amide bonds. The number of hydrogen-bond acceptors (Lipinski definition) is 2. The molecule has 88 valence electrons. The van der Waals surface area contributed by atoms with E-state index < -0.39 is 0 Å². The molecule has 1 unspecified atom stereocenters. The van der Waals surface area contributed by atoms with E-state index in [1.807, 2.05) is 42.5 Å². The fourth-order valence-electron chi connectivity index (χ4n) is 1.51. The minimum atomic E-state index is 0.0666. The van der Waals surface area contributed by atoms with Gasteiger partial charge in [0.05, 0.1) is 0 Å². The summed E-state index contributed by atoms with van der Waals surface area (Å²) in [6.45, 7) is 0. The second-order valence-electron chi connectivity index (χ2n) is 3.78. The van der Waals surface area contributed by atoms with Crippen LogP contribution in [0.4, 0.5) is 0 Å². The summed E-state index contributed by atoms with van der Waals surface area (Å²) in [5.41, 5.74) is 7.30. The Balaban J connectivity index is 1.92. The predicted molar refractivity (Wildman–Crippen MR) is 75.5 cm³/mol. The van der Waals surface area contributed by atoms with E-state index in [4.69, 9.17) is 17.3 Å². The van der Waals surface area contributed by atoms with Crippen molar-refractivity contribution >= 4 is 23.4 Å². The summed E-state index contributed by atoms with van der Waals surface area (Å²) < 4.78 is 0. The lowest BCUT2D eigenvalue weighted by Crippen LogP contribution is -2.12. The van der Waals surface area contributed by atoms with Crippen molar-refractivity contribution in [2.75, 3.05) is 5.75 Å². The summed E-state index contributed by atoms with van der Waals surface area (Å²) in [7, 11) is 0. The molecule has 0 aliphatic heterocycles. The van der Waals surface area contributed by atoms with Gasteiger partial charge < -0.3 is 5.73 Å². The van der Waals surface area contributed by atoms with Crippen LogP contribution in [0.1, 0.15) is 11.6 Å². The molecule has 1 atom stereocenters. The number of benzene rings is 2. The van der Waals surface area contributed by atoms with Gasteiger partial charge in [-0.3, -0.25) is 0 Å². The van der Waals surface area contributed by atoms with Crippen molar-refractivity contribution in [3.63, 3.8) is 0 Å². The molecule has 2 rings (SSSR count). The summed E-state index contributed by atoms with van der Waals surface area (Å²) >= 11 is 7.58. The van der Waals surface area contributed by atoms with Crippen LogP contribution in [-0.2, 0) is 0 Å². The lowest BCUT2D eigenvalue weighted by molar-refractivity contribution is 0.831. The largest absolute Gasteiger partial charge is 0.323 e. The van der Waals surface area contributed by atoms with Crippen molar-refractivity contribution in [3.05, 3.63) is 65.2 Å². The lowest BCUT2D eigenvalue weighted by Gasteiger charge is -2.11. The zero-order chi connectivity index (χ0) is 12.1. The van der Waals surface area contributed by atoms with Crippen LogP contribution in [0.3, 0.4) is 0 Å². The molecule has 0 spiro atoms. The fraction of sp³-hybridized carbons (Fsp3) is 0.143. The summed E-state index contributed by atoms with van der Waals surface area (Å²) in [6.07, 6.45) is 0. The van der Waals surface area contributed by atoms with Gasteiger partial charge in [0.2, 0.25) is 0 Å². The van der Waals surface area contributed by atoms with Crippen molar-refractivity contribution in [3.8, 4) is 0 Å². The van der Waals surface area contributed by atoms with E-state index in [-0.39, 0.29) is 6.04 Å². The molecule has 0 radical (unpaired) electrons. The highest BCUT2D eigenvalue weighted by Crippen LogP contribution is 2.24. The van der Waals surface area contributed by atoms with E-state index in [2.05, 4.69) is 12.1 Å². The van der Waals surface area contributed by atoms with Crippen LogP contribution in [-0.4, -0.2) is 5.75 Å². The Hall–Kier alpha value is -0.960. The van der Waals surface area contributed by atoms with E-state index in [1.165, 1.54) is 10.5 Å². The van der Waals surface area contributed by atoms with Crippen molar-refractivity contribution < 1.29 is 0 Å². The summed E-state index contributed by atoms with van der Waals surface area (Å²) in [5.74, 6) is 0.867. The van der Waals surface area contributed by atoms with Crippen molar-refractivity contribution in [1.82, 2.24) is 0 Å². The first kappa shape index (κ1) is 12.5. The minimum Gasteiger partial charge on any atom is -0.323 e. The molecule has 0 bridgehead atoms. The molecule has 1 nitrogen and oxygen atoms in total. The third-order valence-corrected chi connectivity index (χ3v) is 3.85. The van der Waals surface area contributed by atoms with Crippen LogP contribution in [0.25, 0.3) is 0 Å². The highest BCUT2D eigenvalue weighted by Gasteiger charge is 2.05. The number of hydrogen-bond donors (Lipinski definition) is 1. The van der Waals surface area contributed by atoms with Crippen LogP contribution in [0.5, 0.6) is 0 Å². The molecular weight excluding hydrogens is 250 g/mol. The van der Waals surface area contributed by atoms with Crippen LogP contribution in [0.15, 0.2) is 59.5 Å². The quantitative estimate of drug-likeness (QED) is 0.840. The maximum Gasteiger partial charge on any atom is 0.0406 e. The molecule has 0 fully saturated rings. The van der Waals surface area contributed by atoms with Crippen molar-refractivity contribution in [1.29, 1.82) is 0 Å². The van der Waals surface area contributed by atoms with E-state index in [9.17, 15) is 0 Å². The molecule has 0 aliphatic rings. The van der Waals surface area contributed by atoms with Crippen LogP contribution < -0.4 is 5.73 Å². The van der Waals surface area contributed by atoms with Gasteiger partial charge in [-0.1, -0.05) is 41.9 Å². The molecule has 0 heterocycles. The van der Waals surface area contributed by atoms with Gasteiger partial charge in [0, 0.05) is 21.7 Å². The van der Waals surface area contributed by atoms with Gasteiger partial charge in [-0.2, -0.15) is 0 Å². The summed E-state index contributed by atoms with van der Waals surface area (Å²) in [6, 6.07) is 18.1. The van der Waals surface area contributed by atoms with Gasteiger partial charge in [-0.05, 0) is 29.8 Å². The zero-order valence-corrected chi connectivity index (χ0v) is 10.9. The molecule has 2 aromatic rings. The first-order valence-corrected chi connectivity index (χ1v) is 6.81. The molecule has 0 saturated heterocycles. The normalized spacial score (nSPS) is 12.4. The molecule has 2 aromatic carbocycles. The first-order valence-electron chi connectivity index (χ1n) is 5.44.